The number of aromatic amines is 1. The molecule has 7 nitrogen and oxygen atoms in total. The largest absolute Gasteiger partial charge is 0.387 e. The van der Waals surface area contributed by atoms with Gasteiger partial charge in [0.25, 0.3) is 5.56 Å². The Balaban J connectivity index is 2.48. The van der Waals surface area contributed by atoms with E-state index < -0.39 is 35.3 Å². The molecule has 1 aromatic heterocycles. The maximum atomic E-state index is 11.8. The van der Waals surface area contributed by atoms with E-state index in [2.05, 4.69) is 4.98 Å². The van der Waals surface area contributed by atoms with Crippen LogP contribution >= 0.6 is 0 Å². The monoisotopic (exact) mass is 270 g/mol. The SMILES string of the molecule is CC[C@H]1O[C@@H](n2ccc(=O)[nH]c2=O)C(C)(OC)[C@H]1O. The lowest BCUT2D eigenvalue weighted by molar-refractivity contribution is -0.121. The van der Waals surface area contributed by atoms with Crippen LogP contribution in [-0.2, 0) is 9.47 Å². The number of ether oxygens (including phenoxy) is 2. The molecule has 19 heavy (non-hydrogen) atoms. The van der Waals surface area contributed by atoms with Gasteiger partial charge in [-0.15, -0.1) is 0 Å². The zero-order valence-electron chi connectivity index (χ0n) is 11.1. The molecule has 1 unspecified atom stereocenters. The van der Waals surface area contributed by atoms with E-state index in [1.54, 1.807) is 6.92 Å². The number of methoxy groups -OCH3 is 1. The van der Waals surface area contributed by atoms with Gasteiger partial charge in [-0.05, 0) is 13.3 Å². The second-order valence-corrected chi connectivity index (χ2v) is 4.79. The molecule has 106 valence electrons. The number of hydrogen-bond donors (Lipinski definition) is 2. The predicted molar refractivity (Wildman–Crippen MR) is 66.9 cm³/mol. The summed E-state index contributed by atoms with van der Waals surface area (Å²) in [4.78, 5) is 25.1. The maximum Gasteiger partial charge on any atom is 0.330 e. The van der Waals surface area contributed by atoms with E-state index >= 15 is 0 Å². The fourth-order valence-corrected chi connectivity index (χ4v) is 2.39. The summed E-state index contributed by atoms with van der Waals surface area (Å²) in [5, 5.41) is 10.2. The number of aliphatic hydroxyl groups excluding tert-OH is 1. The normalized spacial score (nSPS) is 34.6. The third-order valence-corrected chi connectivity index (χ3v) is 3.68. The van der Waals surface area contributed by atoms with Gasteiger partial charge in [0.2, 0.25) is 0 Å². The highest BCUT2D eigenvalue weighted by atomic mass is 16.6. The number of aromatic nitrogens is 2. The van der Waals surface area contributed by atoms with Crippen LogP contribution in [0.5, 0.6) is 0 Å². The van der Waals surface area contributed by atoms with Gasteiger partial charge in [0.15, 0.2) is 6.23 Å². The molecular formula is C12H18N2O5. The molecule has 2 N–H and O–H groups in total. The number of hydrogen-bond acceptors (Lipinski definition) is 5. The zero-order valence-corrected chi connectivity index (χ0v) is 11.1. The Kier molecular flexibility index (Phi) is 3.62. The first-order valence-corrected chi connectivity index (χ1v) is 6.14. The van der Waals surface area contributed by atoms with Crippen molar-refractivity contribution in [2.75, 3.05) is 7.11 Å². The highest BCUT2D eigenvalue weighted by Gasteiger charge is 2.54. The van der Waals surface area contributed by atoms with E-state index in [0.717, 1.165) is 0 Å². The first-order chi connectivity index (χ1) is 8.93. The van der Waals surface area contributed by atoms with Crippen molar-refractivity contribution >= 4 is 0 Å². The van der Waals surface area contributed by atoms with Crippen molar-refractivity contribution in [1.82, 2.24) is 9.55 Å². The summed E-state index contributed by atoms with van der Waals surface area (Å²) in [6, 6.07) is 1.23. The Morgan fingerprint density at radius 2 is 2.26 bits per heavy atom. The molecule has 1 aliphatic heterocycles. The highest BCUT2D eigenvalue weighted by Crippen LogP contribution is 2.40. The Bertz CT molecular complexity index is 566. The molecule has 0 aliphatic carbocycles. The van der Waals surface area contributed by atoms with Gasteiger partial charge in [-0.25, -0.2) is 4.79 Å². The summed E-state index contributed by atoms with van der Waals surface area (Å²) in [6.45, 7) is 3.55. The molecular weight excluding hydrogens is 252 g/mol. The van der Waals surface area contributed by atoms with E-state index in [4.69, 9.17) is 9.47 Å². The molecule has 0 aromatic carbocycles. The molecule has 1 aliphatic rings. The van der Waals surface area contributed by atoms with Crippen LogP contribution in [0.25, 0.3) is 0 Å². The standard InChI is InChI=1S/C12H18N2O5/c1-4-7-9(16)12(2,18-3)10(19-7)14-6-5-8(15)13-11(14)17/h5-7,9-10,16H,4H2,1-3H3,(H,13,15,17)/t7-,9+,10-,12?/m1/s1. The second kappa shape index (κ2) is 4.92. The van der Waals surface area contributed by atoms with E-state index in [0.29, 0.717) is 6.42 Å². The van der Waals surface area contributed by atoms with Gasteiger partial charge in [-0.2, -0.15) is 0 Å². The molecule has 0 spiro atoms. The fourth-order valence-electron chi connectivity index (χ4n) is 2.39. The topological polar surface area (TPSA) is 93.6 Å². The number of H-pyrrole nitrogens is 1. The van der Waals surface area contributed by atoms with E-state index in [1.807, 2.05) is 6.92 Å². The van der Waals surface area contributed by atoms with Crippen molar-refractivity contribution in [3.63, 3.8) is 0 Å². The van der Waals surface area contributed by atoms with Crippen molar-refractivity contribution < 1.29 is 14.6 Å². The minimum atomic E-state index is -1.05. The van der Waals surface area contributed by atoms with Gasteiger partial charge in [0.1, 0.15) is 11.7 Å². The summed E-state index contributed by atoms with van der Waals surface area (Å²) in [5.41, 5.74) is -2.13. The minimum absolute atomic E-state index is 0.422. The highest BCUT2D eigenvalue weighted by molar-refractivity contribution is 5.01. The lowest BCUT2D eigenvalue weighted by Crippen LogP contribution is -2.47. The number of nitrogens with one attached hydrogen (secondary N) is 1. The third kappa shape index (κ3) is 2.13. The molecule has 0 radical (unpaired) electrons. The minimum Gasteiger partial charge on any atom is -0.387 e. The molecule has 7 heteroatoms. The van der Waals surface area contributed by atoms with E-state index in [-0.39, 0.29) is 0 Å². The van der Waals surface area contributed by atoms with Crippen LogP contribution in [0.4, 0.5) is 0 Å². The zero-order chi connectivity index (χ0) is 14.2. The summed E-state index contributed by atoms with van der Waals surface area (Å²) >= 11 is 0. The van der Waals surface area contributed by atoms with Gasteiger partial charge in [0, 0.05) is 19.4 Å². The number of nitrogens with zero attached hydrogens (tertiary/aromatic N) is 1. The maximum absolute atomic E-state index is 11.8. The van der Waals surface area contributed by atoms with Crippen molar-refractivity contribution in [3.05, 3.63) is 33.1 Å². The quantitative estimate of drug-likeness (QED) is 0.780. The Morgan fingerprint density at radius 1 is 1.58 bits per heavy atom. The Labute approximate surface area is 109 Å². The number of aliphatic hydroxyl groups is 1. The predicted octanol–water partition coefficient (Wildman–Crippen LogP) is -0.390. The number of rotatable bonds is 3. The van der Waals surface area contributed by atoms with Crippen molar-refractivity contribution in [2.24, 2.45) is 0 Å². The Hall–Kier alpha value is -1.44. The Morgan fingerprint density at radius 3 is 2.79 bits per heavy atom. The van der Waals surface area contributed by atoms with E-state index in [1.165, 1.54) is 23.9 Å². The smallest absolute Gasteiger partial charge is 0.330 e. The van der Waals surface area contributed by atoms with Crippen LogP contribution < -0.4 is 11.2 Å². The molecule has 2 rings (SSSR count). The third-order valence-electron chi connectivity index (χ3n) is 3.68. The first kappa shape index (κ1) is 14.0. The summed E-state index contributed by atoms with van der Waals surface area (Å²) in [5.74, 6) is 0. The molecule has 2 heterocycles. The molecule has 1 aromatic rings. The fraction of sp³-hybridized carbons (Fsp3) is 0.667. The van der Waals surface area contributed by atoms with Crippen molar-refractivity contribution in [1.29, 1.82) is 0 Å². The summed E-state index contributed by atoms with van der Waals surface area (Å²) < 4.78 is 12.3. The van der Waals surface area contributed by atoms with Gasteiger partial charge in [0.05, 0.1) is 6.10 Å². The first-order valence-electron chi connectivity index (χ1n) is 6.14. The summed E-state index contributed by atoms with van der Waals surface area (Å²) in [7, 11) is 1.45. The van der Waals surface area contributed by atoms with Crippen LogP contribution in [0.3, 0.4) is 0 Å². The molecule has 1 fully saturated rings. The molecule has 0 amide bonds. The second-order valence-electron chi connectivity index (χ2n) is 4.79. The van der Waals surface area contributed by atoms with Gasteiger partial charge in [-0.3, -0.25) is 14.3 Å². The average Bonchev–Trinajstić information content (AvgIpc) is 2.63. The average molecular weight is 270 g/mol. The van der Waals surface area contributed by atoms with Crippen LogP contribution in [0, 0.1) is 0 Å². The van der Waals surface area contributed by atoms with Crippen LogP contribution in [0.1, 0.15) is 26.5 Å². The van der Waals surface area contributed by atoms with Gasteiger partial charge >= 0.3 is 5.69 Å². The van der Waals surface area contributed by atoms with Gasteiger partial charge in [-0.1, -0.05) is 6.92 Å². The summed E-state index contributed by atoms with van der Waals surface area (Å²) in [6.07, 6.45) is -0.135. The molecule has 0 bridgehead atoms. The van der Waals surface area contributed by atoms with Crippen LogP contribution in [0.2, 0.25) is 0 Å². The van der Waals surface area contributed by atoms with Crippen LogP contribution in [-0.4, -0.2) is 39.6 Å². The van der Waals surface area contributed by atoms with Crippen molar-refractivity contribution in [3.8, 4) is 0 Å². The lowest BCUT2D eigenvalue weighted by Gasteiger charge is -2.31. The van der Waals surface area contributed by atoms with Crippen molar-refractivity contribution in [2.45, 2.75) is 44.3 Å². The van der Waals surface area contributed by atoms with E-state index in [9.17, 15) is 14.7 Å². The molecule has 1 saturated heterocycles. The molecule has 0 saturated carbocycles. The van der Waals surface area contributed by atoms with Gasteiger partial charge < -0.3 is 14.6 Å². The van der Waals surface area contributed by atoms with Crippen LogP contribution in [0.15, 0.2) is 21.9 Å². The lowest BCUT2D eigenvalue weighted by atomic mass is 9.95. The molecule has 4 atom stereocenters.